The average Bonchev–Trinajstić information content (AvgIpc) is 2.18. The van der Waals surface area contributed by atoms with Crippen LogP contribution in [0, 0.1) is 0 Å². The highest BCUT2D eigenvalue weighted by Crippen LogP contribution is 2.21. The Morgan fingerprint density at radius 2 is 1.87 bits per heavy atom. The predicted octanol–water partition coefficient (Wildman–Crippen LogP) is -2.10. The number of carbonyl (C=O) groups excluding carboxylic acids is 1. The van der Waals surface area contributed by atoms with E-state index in [0.717, 1.165) is 6.08 Å². The van der Waals surface area contributed by atoms with Crippen molar-refractivity contribution in [2.45, 2.75) is 37.4 Å². The molecule has 1 aliphatic heterocycles. The van der Waals surface area contributed by atoms with Crippen molar-refractivity contribution in [1.82, 2.24) is 0 Å². The first-order chi connectivity index (χ1) is 6.93. The Labute approximate surface area is 87.0 Å². The molecule has 0 saturated carbocycles. The molecule has 0 radical (unpaired) electrons. The fraction of sp³-hybridized carbons (Fsp3) is 0.667. The van der Waals surface area contributed by atoms with Crippen LogP contribution in [-0.4, -0.2) is 51.7 Å². The molecular weight excluding hydrogens is 202 g/mol. The number of nitrogens with two attached hydrogens (primary N) is 1. The summed E-state index contributed by atoms with van der Waals surface area (Å²) in [5.74, 6) is -0.668. The van der Waals surface area contributed by atoms with Crippen LogP contribution in [-0.2, 0) is 9.53 Å². The molecule has 15 heavy (non-hydrogen) atoms. The molecule has 5 atom stereocenters. The molecule has 86 valence electrons. The van der Waals surface area contributed by atoms with Crippen molar-refractivity contribution in [1.29, 1.82) is 0 Å². The third-order valence-electron chi connectivity index (χ3n) is 2.34. The average molecular weight is 217 g/mol. The van der Waals surface area contributed by atoms with Gasteiger partial charge in [0.15, 0.2) is 0 Å². The van der Waals surface area contributed by atoms with Crippen molar-refractivity contribution in [3.63, 3.8) is 0 Å². The Balaban J connectivity index is 2.70. The van der Waals surface area contributed by atoms with Crippen molar-refractivity contribution in [2.75, 3.05) is 0 Å². The molecule has 0 aliphatic carbocycles. The lowest BCUT2D eigenvalue weighted by atomic mass is 9.95. The maximum Gasteiger partial charge on any atom is 0.241 e. The van der Waals surface area contributed by atoms with Gasteiger partial charge >= 0.3 is 0 Å². The van der Waals surface area contributed by atoms with Crippen LogP contribution in [0.2, 0.25) is 0 Å². The van der Waals surface area contributed by atoms with E-state index in [1.165, 1.54) is 6.08 Å². The fourth-order valence-electron chi connectivity index (χ4n) is 1.43. The number of primary amides is 1. The minimum atomic E-state index is -1.30. The molecule has 6 nitrogen and oxygen atoms in total. The molecule has 0 bridgehead atoms. The Morgan fingerprint density at radius 3 is 2.40 bits per heavy atom. The molecule has 5 N–H and O–H groups in total. The lowest BCUT2D eigenvalue weighted by molar-refractivity contribution is -0.204. The molecule has 1 heterocycles. The zero-order valence-electron chi connectivity index (χ0n) is 8.28. The van der Waals surface area contributed by atoms with Crippen molar-refractivity contribution >= 4 is 5.91 Å². The van der Waals surface area contributed by atoms with E-state index in [2.05, 4.69) is 0 Å². The van der Waals surface area contributed by atoms with Crippen LogP contribution in [0.3, 0.4) is 0 Å². The summed E-state index contributed by atoms with van der Waals surface area (Å²) in [6, 6.07) is 0. The SMILES string of the molecule is C[C@H]1OC(C=CC(N)=O)[C@@H](O)[C@@H](O)[C@@H]1O. The second-order valence-corrected chi connectivity index (χ2v) is 3.54. The van der Waals surface area contributed by atoms with Crippen LogP contribution in [0.15, 0.2) is 12.2 Å². The van der Waals surface area contributed by atoms with Gasteiger partial charge in [-0.25, -0.2) is 0 Å². The zero-order valence-corrected chi connectivity index (χ0v) is 8.28. The van der Waals surface area contributed by atoms with Crippen LogP contribution in [0.1, 0.15) is 6.92 Å². The van der Waals surface area contributed by atoms with E-state index in [4.69, 9.17) is 10.5 Å². The molecule has 0 spiro atoms. The van der Waals surface area contributed by atoms with Gasteiger partial charge in [0.25, 0.3) is 0 Å². The number of hydrogen-bond donors (Lipinski definition) is 4. The molecular formula is C9H15NO5. The monoisotopic (exact) mass is 217 g/mol. The smallest absolute Gasteiger partial charge is 0.241 e. The van der Waals surface area contributed by atoms with Gasteiger partial charge in [0.05, 0.1) is 6.10 Å². The Morgan fingerprint density at radius 1 is 1.27 bits per heavy atom. The van der Waals surface area contributed by atoms with Gasteiger partial charge in [0.1, 0.15) is 24.4 Å². The fourth-order valence-corrected chi connectivity index (χ4v) is 1.43. The molecule has 1 rings (SSSR count). The summed E-state index contributed by atoms with van der Waals surface area (Å²) in [6.07, 6.45) is -2.86. The number of rotatable bonds is 2. The van der Waals surface area contributed by atoms with Crippen molar-refractivity contribution in [3.05, 3.63) is 12.2 Å². The third kappa shape index (κ3) is 2.75. The number of aliphatic hydroxyl groups excluding tert-OH is 3. The summed E-state index contributed by atoms with van der Waals surface area (Å²) < 4.78 is 5.18. The molecule has 0 aromatic rings. The van der Waals surface area contributed by atoms with E-state index in [0.29, 0.717) is 0 Å². The number of ether oxygens (including phenoxy) is 1. The summed E-state index contributed by atoms with van der Waals surface area (Å²) in [5.41, 5.74) is 4.88. The Kier molecular flexibility index (Phi) is 3.81. The number of aliphatic hydroxyl groups is 3. The summed E-state index contributed by atoms with van der Waals surface area (Å²) in [6.45, 7) is 1.56. The van der Waals surface area contributed by atoms with E-state index in [1.54, 1.807) is 6.92 Å². The second kappa shape index (κ2) is 4.71. The largest absolute Gasteiger partial charge is 0.388 e. The minimum absolute atomic E-state index is 0.620. The molecule has 1 amide bonds. The Hall–Kier alpha value is -0.950. The molecule has 6 heteroatoms. The summed E-state index contributed by atoms with van der Waals surface area (Å²) >= 11 is 0. The van der Waals surface area contributed by atoms with E-state index < -0.39 is 36.4 Å². The number of amides is 1. The molecule has 0 aromatic heterocycles. The van der Waals surface area contributed by atoms with Gasteiger partial charge in [-0.05, 0) is 13.0 Å². The molecule has 1 aliphatic rings. The first kappa shape index (κ1) is 12.1. The summed E-state index contributed by atoms with van der Waals surface area (Å²) in [5, 5.41) is 28.3. The van der Waals surface area contributed by atoms with Gasteiger partial charge in [0.2, 0.25) is 5.91 Å². The summed E-state index contributed by atoms with van der Waals surface area (Å²) in [4.78, 5) is 10.5. The first-order valence-electron chi connectivity index (χ1n) is 4.60. The number of carbonyl (C=O) groups is 1. The van der Waals surface area contributed by atoms with Gasteiger partial charge in [-0.3, -0.25) is 4.79 Å². The van der Waals surface area contributed by atoms with E-state index in [1.807, 2.05) is 0 Å². The maximum absolute atomic E-state index is 10.5. The van der Waals surface area contributed by atoms with Crippen molar-refractivity contribution in [2.24, 2.45) is 5.73 Å². The van der Waals surface area contributed by atoms with E-state index >= 15 is 0 Å². The van der Waals surface area contributed by atoms with Crippen molar-refractivity contribution < 1.29 is 24.9 Å². The van der Waals surface area contributed by atoms with Gasteiger partial charge < -0.3 is 25.8 Å². The molecule has 1 saturated heterocycles. The topological polar surface area (TPSA) is 113 Å². The zero-order chi connectivity index (χ0) is 11.6. The predicted molar refractivity (Wildman–Crippen MR) is 50.7 cm³/mol. The quantitative estimate of drug-likeness (QED) is 0.396. The maximum atomic E-state index is 10.5. The third-order valence-corrected chi connectivity index (χ3v) is 2.34. The highest BCUT2D eigenvalue weighted by Gasteiger charge is 2.40. The summed E-state index contributed by atoms with van der Waals surface area (Å²) in [7, 11) is 0. The van der Waals surface area contributed by atoms with Gasteiger partial charge in [0, 0.05) is 6.08 Å². The van der Waals surface area contributed by atoms with Gasteiger partial charge in [-0.15, -0.1) is 0 Å². The van der Waals surface area contributed by atoms with E-state index in [-0.39, 0.29) is 0 Å². The Bertz CT molecular complexity index is 267. The van der Waals surface area contributed by atoms with Crippen molar-refractivity contribution in [3.8, 4) is 0 Å². The molecule has 1 unspecified atom stereocenters. The molecule has 0 aromatic carbocycles. The highest BCUT2D eigenvalue weighted by molar-refractivity contribution is 5.85. The lowest BCUT2D eigenvalue weighted by Gasteiger charge is -2.38. The standard InChI is InChI=1S/C9H15NO5/c1-4-7(12)9(14)8(13)5(15-4)2-3-6(10)11/h2-5,7-9,12-14H,1H3,(H2,10,11)/t4-,5?,7-,8-,9+/m1/s1. The molecule has 1 fully saturated rings. The number of hydrogen-bond acceptors (Lipinski definition) is 5. The van der Waals surface area contributed by atoms with Crippen LogP contribution < -0.4 is 5.73 Å². The van der Waals surface area contributed by atoms with E-state index in [9.17, 15) is 20.1 Å². The minimum Gasteiger partial charge on any atom is -0.388 e. The lowest BCUT2D eigenvalue weighted by Crippen LogP contribution is -2.55. The highest BCUT2D eigenvalue weighted by atomic mass is 16.5. The first-order valence-corrected chi connectivity index (χ1v) is 4.60. The normalized spacial score (nSPS) is 42.0. The van der Waals surface area contributed by atoms with Crippen LogP contribution in [0.25, 0.3) is 0 Å². The second-order valence-electron chi connectivity index (χ2n) is 3.54. The van der Waals surface area contributed by atoms with Crippen LogP contribution in [0.5, 0.6) is 0 Å². The van der Waals surface area contributed by atoms with Gasteiger partial charge in [-0.1, -0.05) is 0 Å². The van der Waals surface area contributed by atoms with Crippen LogP contribution >= 0.6 is 0 Å². The van der Waals surface area contributed by atoms with Crippen LogP contribution in [0.4, 0.5) is 0 Å². The van der Waals surface area contributed by atoms with Gasteiger partial charge in [-0.2, -0.15) is 0 Å².